The van der Waals surface area contributed by atoms with Crippen molar-refractivity contribution in [3.63, 3.8) is 0 Å². The maximum atomic E-state index is 3.53. The Kier molecular flexibility index (Phi) is 2.07. The number of rotatable bonds is 1. The van der Waals surface area contributed by atoms with Crippen LogP contribution >= 0.6 is 15.9 Å². The molecule has 0 spiro atoms. The van der Waals surface area contributed by atoms with Crippen LogP contribution in [0.25, 0.3) is 5.57 Å². The summed E-state index contributed by atoms with van der Waals surface area (Å²) in [7, 11) is 0. The number of hydrogen-bond donors (Lipinski definition) is 0. The van der Waals surface area contributed by atoms with Gasteiger partial charge in [-0.25, -0.2) is 0 Å². The van der Waals surface area contributed by atoms with Crippen LogP contribution in [0, 0.1) is 0 Å². The van der Waals surface area contributed by atoms with E-state index in [9.17, 15) is 0 Å². The van der Waals surface area contributed by atoms with Crippen molar-refractivity contribution in [3.8, 4) is 0 Å². The van der Waals surface area contributed by atoms with Gasteiger partial charge in [-0.2, -0.15) is 0 Å². The summed E-state index contributed by atoms with van der Waals surface area (Å²) in [6, 6.07) is 8.65. The van der Waals surface area contributed by atoms with Gasteiger partial charge >= 0.3 is 0 Å². The summed E-state index contributed by atoms with van der Waals surface area (Å²) in [4.78, 5) is 0. The summed E-state index contributed by atoms with van der Waals surface area (Å²) in [6.45, 7) is 4.53. The first-order valence-corrected chi connectivity index (χ1v) is 5.65. The molecule has 0 aliphatic heterocycles. The van der Waals surface area contributed by atoms with Crippen molar-refractivity contribution in [2.45, 2.75) is 19.3 Å². The number of hydrogen-bond acceptors (Lipinski definition) is 0. The monoisotopic (exact) mass is 236 g/mol. The van der Waals surface area contributed by atoms with E-state index in [1.165, 1.54) is 16.7 Å². The second-order valence-electron chi connectivity index (χ2n) is 4.07. The van der Waals surface area contributed by atoms with Crippen molar-refractivity contribution in [3.05, 3.63) is 41.5 Å². The third-order valence-electron chi connectivity index (χ3n) is 2.65. The molecule has 0 nitrogen and oxygen atoms in total. The number of allylic oxidation sites excluding steroid dienone is 2. The highest BCUT2D eigenvalue weighted by Gasteiger charge is 2.28. The predicted octanol–water partition coefficient (Wildman–Crippen LogP) is 3.76. The Balaban J connectivity index is 2.61. The number of fused-ring (bicyclic) bond motifs is 1. The molecular formula is C12H13Br. The van der Waals surface area contributed by atoms with Gasteiger partial charge in [0.05, 0.1) is 0 Å². The van der Waals surface area contributed by atoms with Crippen molar-refractivity contribution in [1.29, 1.82) is 0 Å². The summed E-state index contributed by atoms with van der Waals surface area (Å²) >= 11 is 3.53. The van der Waals surface area contributed by atoms with Crippen molar-refractivity contribution in [2.75, 3.05) is 5.33 Å². The van der Waals surface area contributed by atoms with E-state index in [1.807, 2.05) is 0 Å². The topological polar surface area (TPSA) is 0 Å². The minimum atomic E-state index is 0.208. The van der Waals surface area contributed by atoms with Crippen LogP contribution in [0.3, 0.4) is 0 Å². The first kappa shape index (κ1) is 9.01. The zero-order chi connectivity index (χ0) is 9.47. The van der Waals surface area contributed by atoms with Gasteiger partial charge in [0.2, 0.25) is 0 Å². The summed E-state index contributed by atoms with van der Waals surface area (Å²) in [5, 5.41) is 0.952. The molecule has 68 valence electrons. The first-order chi connectivity index (χ1) is 6.15. The molecule has 0 bridgehead atoms. The first-order valence-electron chi connectivity index (χ1n) is 4.53. The molecular weight excluding hydrogens is 224 g/mol. The van der Waals surface area contributed by atoms with Crippen LogP contribution in [0.5, 0.6) is 0 Å². The van der Waals surface area contributed by atoms with Crippen LogP contribution < -0.4 is 0 Å². The van der Waals surface area contributed by atoms with Gasteiger partial charge in [0, 0.05) is 10.7 Å². The lowest BCUT2D eigenvalue weighted by molar-refractivity contribution is 0.683. The van der Waals surface area contributed by atoms with E-state index in [0.717, 1.165) is 5.33 Å². The molecule has 0 N–H and O–H groups in total. The maximum absolute atomic E-state index is 3.53. The lowest BCUT2D eigenvalue weighted by atomic mass is 9.87. The standard InChI is InChI=1S/C12H13Br/c1-12(2)7-9(8-13)10-5-3-4-6-11(10)12/h3-7H,8H2,1-2H3. The SMILES string of the molecule is CC1(C)C=C(CBr)c2ccccc21. The molecule has 0 heterocycles. The fraction of sp³-hybridized carbons (Fsp3) is 0.333. The van der Waals surface area contributed by atoms with Gasteiger partial charge < -0.3 is 0 Å². The molecule has 0 radical (unpaired) electrons. The average molecular weight is 237 g/mol. The van der Waals surface area contributed by atoms with E-state index >= 15 is 0 Å². The summed E-state index contributed by atoms with van der Waals surface area (Å²) in [5.74, 6) is 0. The third-order valence-corrected chi connectivity index (χ3v) is 3.25. The Morgan fingerprint density at radius 3 is 2.62 bits per heavy atom. The third kappa shape index (κ3) is 1.35. The van der Waals surface area contributed by atoms with Gasteiger partial charge in [0.25, 0.3) is 0 Å². The quantitative estimate of drug-likeness (QED) is 0.652. The van der Waals surface area contributed by atoms with Crippen LogP contribution in [0.2, 0.25) is 0 Å². The molecule has 13 heavy (non-hydrogen) atoms. The average Bonchev–Trinajstić information content (AvgIpc) is 2.39. The molecule has 0 fully saturated rings. The summed E-state index contributed by atoms with van der Waals surface area (Å²) < 4.78 is 0. The fourth-order valence-corrected chi connectivity index (χ4v) is 2.49. The molecule has 2 rings (SSSR count). The van der Waals surface area contributed by atoms with Crippen LogP contribution in [0.15, 0.2) is 30.3 Å². The van der Waals surface area contributed by atoms with Crippen LogP contribution in [-0.4, -0.2) is 5.33 Å². The predicted molar refractivity (Wildman–Crippen MR) is 61.2 cm³/mol. The van der Waals surface area contributed by atoms with Crippen LogP contribution in [0.4, 0.5) is 0 Å². The Morgan fingerprint density at radius 2 is 1.92 bits per heavy atom. The number of alkyl halides is 1. The Hall–Kier alpha value is -0.560. The zero-order valence-electron chi connectivity index (χ0n) is 7.97. The second kappa shape index (κ2) is 2.98. The minimum absolute atomic E-state index is 0.208. The Morgan fingerprint density at radius 1 is 1.23 bits per heavy atom. The maximum Gasteiger partial charge on any atom is 0.0286 e. The molecule has 0 unspecified atom stereocenters. The van der Waals surface area contributed by atoms with Gasteiger partial charge in [-0.15, -0.1) is 0 Å². The van der Waals surface area contributed by atoms with E-state index < -0.39 is 0 Å². The van der Waals surface area contributed by atoms with E-state index in [0.29, 0.717) is 0 Å². The Bertz CT molecular complexity index is 361. The van der Waals surface area contributed by atoms with E-state index in [-0.39, 0.29) is 5.41 Å². The Labute approximate surface area is 87.8 Å². The van der Waals surface area contributed by atoms with E-state index in [2.05, 4.69) is 60.1 Å². The minimum Gasteiger partial charge on any atom is -0.0876 e. The smallest absolute Gasteiger partial charge is 0.0286 e. The lowest BCUT2D eigenvalue weighted by Crippen LogP contribution is -2.10. The number of benzene rings is 1. The van der Waals surface area contributed by atoms with Gasteiger partial charge in [0.1, 0.15) is 0 Å². The fourth-order valence-electron chi connectivity index (χ4n) is 2.03. The van der Waals surface area contributed by atoms with Gasteiger partial charge in [-0.3, -0.25) is 0 Å². The molecule has 1 aliphatic rings. The van der Waals surface area contributed by atoms with Crippen LogP contribution in [-0.2, 0) is 5.41 Å². The van der Waals surface area contributed by atoms with Gasteiger partial charge in [-0.05, 0) is 16.7 Å². The highest BCUT2D eigenvalue weighted by molar-refractivity contribution is 9.09. The highest BCUT2D eigenvalue weighted by atomic mass is 79.9. The molecule has 0 atom stereocenters. The molecule has 0 aromatic heterocycles. The molecule has 1 aromatic rings. The van der Waals surface area contributed by atoms with Gasteiger partial charge in [0.15, 0.2) is 0 Å². The van der Waals surface area contributed by atoms with Crippen molar-refractivity contribution in [2.24, 2.45) is 0 Å². The zero-order valence-corrected chi connectivity index (χ0v) is 9.56. The van der Waals surface area contributed by atoms with E-state index in [1.54, 1.807) is 0 Å². The molecule has 1 aromatic carbocycles. The van der Waals surface area contributed by atoms with Crippen molar-refractivity contribution in [1.82, 2.24) is 0 Å². The largest absolute Gasteiger partial charge is 0.0876 e. The lowest BCUT2D eigenvalue weighted by Gasteiger charge is -2.16. The number of halogens is 1. The van der Waals surface area contributed by atoms with E-state index in [4.69, 9.17) is 0 Å². The normalized spacial score (nSPS) is 18.2. The molecule has 0 amide bonds. The molecule has 1 aliphatic carbocycles. The highest BCUT2D eigenvalue weighted by Crippen LogP contribution is 2.40. The molecule has 0 saturated carbocycles. The van der Waals surface area contributed by atoms with Crippen LogP contribution in [0.1, 0.15) is 25.0 Å². The summed E-state index contributed by atoms with van der Waals surface area (Å²) in [5.41, 5.74) is 4.48. The molecule has 0 saturated heterocycles. The summed E-state index contributed by atoms with van der Waals surface area (Å²) in [6.07, 6.45) is 2.35. The van der Waals surface area contributed by atoms with Crippen molar-refractivity contribution >= 4 is 21.5 Å². The van der Waals surface area contributed by atoms with Crippen molar-refractivity contribution < 1.29 is 0 Å². The molecule has 1 heteroatoms. The van der Waals surface area contributed by atoms with Gasteiger partial charge in [-0.1, -0.05) is 60.1 Å². The second-order valence-corrected chi connectivity index (χ2v) is 4.63.